The highest BCUT2D eigenvalue weighted by molar-refractivity contribution is 5.27. The van der Waals surface area contributed by atoms with Crippen molar-refractivity contribution in [3.8, 4) is 5.75 Å². The minimum atomic E-state index is -2.42. The third-order valence-corrected chi connectivity index (χ3v) is 2.94. The maximum atomic E-state index is 11.9. The second kappa shape index (κ2) is 5.96. The Morgan fingerprint density at radius 3 is 2.65 bits per heavy atom. The van der Waals surface area contributed by atoms with Gasteiger partial charge in [-0.3, -0.25) is 0 Å². The molecule has 0 saturated carbocycles. The van der Waals surface area contributed by atoms with Gasteiger partial charge in [0.1, 0.15) is 12.4 Å². The maximum Gasteiger partial charge on any atom is 0.272 e. The minimum absolute atomic E-state index is 0.508. The van der Waals surface area contributed by atoms with Crippen LogP contribution in [0.1, 0.15) is 18.4 Å². The summed E-state index contributed by atoms with van der Waals surface area (Å²) in [6.45, 7) is 0.559. The second-order valence-corrected chi connectivity index (χ2v) is 4.34. The Kier molecular flexibility index (Phi) is 4.31. The Balaban J connectivity index is 1.84. The van der Waals surface area contributed by atoms with E-state index in [1.165, 1.54) is 18.4 Å². The molecule has 0 bridgehead atoms. The van der Waals surface area contributed by atoms with Crippen molar-refractivity contribution in [2.75, 3.05) is 13.2 Å². The second-order valence-electron chi connectivity index (χ2n) is 4.34. The fourth-order valence-electron chi connectivity index (χ4n) is 2.10. The summed E-state index contributed by atoms with van der Waals surface area (Å²) < 4.78 is 28.8. The number of ether oxygens (including phenoxy) is 1. The Morgan fingerprint density at radius 2 is 2.06 bits per heavy atom. The number of benzene rings is 1. The summed E-state index contributed by atoms with van der Waals surface area (Å²) in [5.74, 6) is 0.508. The van der Waals surface area contributed by atoms with E-state index in [-0.39, 0.29) is 0 Å². The van der Waals surface area contributed by atoms with Gasteiger partial charge in [0, 0.05) is 6.04 Å². The number of halogens is 2. The molecule has 1 aliphatic rings. The van der Waals surface area contributed by atoms with E-state index in [0.29, 0.717) is 11.8 Å². The summed E-state index contributed by atoms with van der Waals surface area (Å²) in [5, 5.41) is 3.43. The lowest BCUT2D eigenvalue weighted by Crippen LogP contribution is -2.23. The fraction of sp³-hybridized carbons (Fsp3) is 0.538. The molecule has 0 radical (unpaired) electrons. The van der Waals surface area contributed by atoms with Gasteiger partial charge in [0.15, 0.2) is 0 Å². The van der Waals surface area contributed by atoms with Crippen molar-refractivity contribution in [1.82, 2.24) is 5.32 Å². The highest BCUT2D eigenvalue weighted by atomic mass is 19.3. The molecule has 1 aromatic carbocycles. The lowest BCUT2D eigenvalue weighted by molar-refractivity contribution is 0.0819. The van der Waals surface area contributed by atoms with Gasteiger partial charge in [-0.25, -0.2) is 8.78 Å². The Hall–Kier alpha value is -1.16. The van der Waals surface area contributed by atoms with Gasteiger partial charge in [0.25, 0.3) is 6.43 Å². The standard InChI is InChI=1S/C13H17F2NO/c14-13(15)9-17-12-5-3-10(4-6-12)8-11-2-1-7-16-11/h3-6,11,13,16H,1-2,7-9H2. The fourth-order valence-corrected chi connectivity index (χ4v) is 2.10. The van der Waals surface area contributed by atoms with Crippen LogP contribution >= 0.6 is 0 Å². The van der Waals surface area contributed by atoms with Crippen LogP contribution in [0, 0.1) is 0 Å². The molecule has 17 heavy (non-hydrogen) atoms. The van der Waals surface area contributed by atoms with E-state index < -0.39 is 13.0 Å². The van der Waals surface area contributed by atoms with Gasteiger partial charge in [-0.1, -0.05) is 12.1 Å². The van der Waals surface area contributed by atoms with Gasteiger partial charge in [0.2, 0.25) is 0 Å². The Morgan fingerprint density at radius 1 is 1.29 bits per heavy atom. The SMILES string of the molecule is FC(F)COc1ccc(CC2CCCN2)cc1. The third-order valence-electron chi connectivity index (χ3n) is 2.94. The van der Waals surface area contributed by atoms with Crippen molar-refractivity contribution in [3.63, 3.8) is 0 Å². The zero-order valence-electron chi connectivity index (χ0n) is 9.66. The normalized spacial score (nSPS) is 19.8. The van der Waals surface area contributed by atoms with E-state index in [2.05, 4.69) is 5.32 Å². The molecule has 2 nitrogen and oxygen atoms in total. The van der Waals surface area contributed by atoms with Crippen LogP contribution < -0.4 is 10.1 Å². The summed E-state index contributed by atoms with van der Waals surface area (Å²) in [5.41, 5.74) is 1.22. The molecule has 0 spiro atoms. The number of rotatable bonds is 5. The summed E-state index contributed by atoms with van der Waals surface area (Å²) >= 11 is 0. The Bertz CT molecular complexity index is 334. The molecule has 0 aromatic heterocycles. The van der Waals surface area contributed by atoms with Gasteiger partial charge >= 0.3 is 0 Å². The maximum absolute atomic E-state index is 11.9. The summed E-state index contributed by atoms with van der Waals surface area (Å²) in [4.78, 5) is 0. The number of hydrogen-bond acceptors (Lipinski definition) is 2. The molecule has 0 aliphatic carbocycles. The van der Waals surface area contributed by atoms with Gasteiger partial charge in [-0.2, -0.15) is 0 Å². The van der Waals surface area contributed by atoms with E-state index in [1.54, 1.807) is 12.1 Å². The van der Waals surface area contributed by atoms with Crippen LogP contribution in [0.3, 0.4) is 0 Å². The average Bonchev–Trinajstić information content (AvgIpc) is 2.81. The largest absolute Gasteiger partial charge is 0.488 e. The topological polar surface area (TPSA) is 21.3 Å². The van der Waals surface area contributed by atoms with Gasteiger partial charge < -0.3 is 10.1 Å². The smallest absolute Gasteiger partial charge is 0.272 e. The molecule has 1 aliphatic heterocycles. The van der Waals surface area contributed by atoms with Crippen molar-refractivity contribution < 1.29 is 13.5 Å². The van der Waals surface area contributed by atoms with E-state index in [4.69, 9.17) is 4.74 Å². The minimum Gasteiger partial charge on any atom is -0.488 e. The molecule has 1 aromatic rings. The number of hydrogen-bond donors (Lipinski definition) is 1. The molecule has 1 atom stereocenters. The van der Waals surface area contributed by atoms with Crippen LogP contribution in [0.15, 0.2) is 24.3 Å². The quantitative estimate of drug-likeness (QED) is 0.855. The predicted molar refractivity (Wildman–Crippen MR) is 62.7 cm³/mol. The van der Waals surface area contributed by atoms with Crippen molar-refractivity contribution in [1.29, 1.82) is 0 Å². The summed E-state index contributed by atoms with van der Waals surface area (Å²) in [6, 6.07) is 7.96. The molecular weight excluding hydrogens is 224 g/mol. The molecule has 2 rings (SSSR count). The highest BCUT2D eigenvalue weighted by Gasteiger charge is 2.14. The van der Waals surface area contributed by atoms with Crippen LogP contribution in [0.25, 0.3) is 0 Å². The molecule has 1 fully saturated rings. The van der Waals surface area contributed by atoms with Gasteiger partial charge in [0.05, 0.1) is 0 Å². The predicted octanol–water partition coefficient (Wildman–Crippen LogP) is 2.63. The van der Waals surface area contributed by atoms with Gasteiger partial charge in [-0.05, 0) is 43.5 Å². The van der Waals surface area contributed by atoms with E-state index >= 15 is 0 Å². The van der Waals surface area contributed by atoms with E-state index in [1.807, 2.05) is 12.1 Å². The lowest BCUT2D eigenvalue weighted by atomic mass is 10.0. The first kappa shape index (κ1) is 12.3. The van der Waals surface area contributed by atoms with Crippen LogP contribution in [0.5, 0.6) is 5.75 Å². The molecule has 0 amide bonds. The molecule has 94 valence electrons. The van der Waals surface area contributed by atoms with Crippen molar-refractivity contribution in [3.05, 3.63) is 29.8 Å². The first-order valence-electron chi connectivity index (χ1n) is 5.97. The molecule has 4 heteroatoms. The average molecular weight is 241 g/mol. The molecule has 1 N–H and O–H groups in total. The third kappa shape index (κ3) is 3.97. The molecule has 1 unspecified atom stereocenters. The van der Waals surface area contributed by atoms with Crippen LogP contribution in [0.4, 0.5) is 8.78 Å². The van der Waals surface area contributed by atoms with E-state index in [0.717, 1.165) is 13.0 Å². The number of alkyl halides is 2. The summed E-state index contributed by atoms with van der Waals surface area (Å²) in [6.07, 6.45) is 1.02. The van der Waals surface area contributed by atoms with Crippen molar-refractivity contribution in [2.45, 2.75) is 31.7 Å². The Labute approximate surface area is 100.0 Å². The van der Waals surface area contributed by atoms with Crippen LogP contribution in [-0.2, 0) is 6.42 Å². The van der Waals surface area contributed by atoms with Crippen molar-refractivity contribution in [2.24, 2.45) is 0 Å². The summed E-state index contributed by atoms with van der Waals surface area (Å²) in [7, 11) is 0. The highest BCUT2D eigenvalue weighted by Crippen LogP contribution is 2.16. The molecule has 1 saturated heterocycles. The molecular formula is C13H17F2NO. The lowest BCUT2D eigenvalue weighted by Gasteiger charge is -2.11. The number of nitrogens with one attached hydrogen (secondary N) is 1. The van der Waals surface area contributed by atoms with Crippen LogP contribution in [-0.4, -0.2) is 25.6 Å². The molecule has 1 heterocycles. The van der Waals surface area contributed by atoms with Crippen LogP contribution in [0.2, 0.25) is 0 Å². The van der Waals surface area contributed by atoms with E-state index in [9.17, 15) is 8.78 Å². The first-order valence-corrected chi connectivity index (χ1v) is 5.97. The van der Waals surface area contributed by atoms with Crippen molar-refractivity contribution >= 4 is 0 Å². The monoisotopic (exact) mass is 241 g/mol. The zero-order valence-corrected chi connectivity index (χ0v) is 9.66. The van der Waals surface area contributed by atoms with Gasteiger partial charge in [-0.15, -0.1) is 0 Å². The zero-order chi connectivity index (χ0) is 12.1. The first-order chi connectivity index (χ1) is 8.24.